The maximum absolute atomic E-state index is 4.10. The number of unbranched alkanes of at least 4 members (excludes halogenated alkanes) is 1. The molecule has 1 nitrogen and oxygen atoms in total. The van der Waals surface area contributed by atoms with E-state index in [2.05, 4.69) is 143 Å². The molecule has 1 unspecified atom stereocenters. The summed E-state index contributed by atoms with van der Waals surface area (Å²) in [6.07, 6.45) is 25.8. The lowest BCUT2D eigenvalue weighted by molar-refractivity contribution is 0.886. The van der Waals surface area contributed by atoms with Crippen LogP contribution in [0.3, 0.4) is 0 Å². The Morgan fingerprint density at radius 1 is 0.907 bits per heavy atom. The quantitative estimate of drug-likeness (QED) is 0.178. The normalized spacial score (nSPS) is 15.9. The molecule has 3 aromatic rings. The molecule has 2 heterocycles. The van der Waals surface area contributed by atoms with Crippen molar-refractivity contribution in [3.05, 3.63) is 162 Å². The van der Waals surface area contributed by atoms with Crippen LogP contribution in [-0.4, -0.2) is 17.7 Å². The number of hydrogen-bond acceptors (Lipinski definition) is 1. The van der Waals surface area contributed by atoms with Crippen LogP contribution in [-0.2, 0) is 6.42 Å². The summed E-state index contributed by atoms with van der Waals surface area (Å²) in [7, 11) is 2.45. The van der Waals surface area contributed by atoms with Gasteiger partial charge in [-0.1, -0.05) is 142 Å². The monoisotopic (exact) mass is 585 g/mol. The number of rotatable bonds is 9. The summed E-state index contributed by atoms with van der Waals surface area (Å²) >= 11 is 0. The molecule has 0 bridgehead atoms. The summed E-state index contributed by atoms with van der Waals surface area (Å²) in [5.41, 5.74) is 9.17. The van der Waals surface area contributed by atoms with Gasteiger partial charge in [-0.05, 0) is 61.6 Å². The highest BCUT2D eigenvalue weighted by Crippen LogP contribution is 2.49. The van der Waals surface area contributed by atoms with E-state index in [1.54, 1.807) is 4.86 Å². The molecule has 43 heavy (non-hydrogen) atoms. The molecule has 1 atom stereocenters. The van der Waals surface area contributed by atoms with E-state index in [0.717, 1.165) is 25.0 Å². The molecule has 2 heteroatoms. The Bertz CT molecular complexity index is 1550. The van der Waals surface area contributed by atoms with Crippen LogP contribution in [0.4, 0.5) is 5.69 Å². The van der Waals surface area contributed by atoms with E-state index in [1.807, 2.05) is 24.3 Å². The van der Waals surface area contributed by atoms with Gasteiger partial charge in [0.05, 0.1) is 0 Å². The zero-order chi connectivity index (χ0) is 30.4. The van der Waals surface area contributed by atoms with Crippen molar-refractivity contribution >= 4 is 26.6 Å². The number of fused-ring (bicyclic) bond motifs is 3. The average molecular weight is 586 g/mol. The number of anilines is 1. The third-order valence-electron chi connectivity index (χ3n) is 7.75. The van der Waals surface area contributed by atoms with E-state index in [4.69, 9.17) is 0 Å². The van der Waals surface area contributed by atoms with Crippen LogP contribution in [0, 0.1) is 6.92 Å². The van der Waals surface area contributed by atoms with Gasteiger partial charge < -0.3 is 4.90 Å². The first-order valence-electron chi connectivity index (χ1n) is 15.7. The lowest BCUT2D eigenvalue weighted by atomic mass is 9.98. The third-order valence-corrected chi connectivity index (χ3v) is 10.0. The van der Waals surface area contributed by atoms with Crippen LogP contribution in [0.15, 0.2) is 145 Å². The summed E-state index contributed by atoms with van der Waals surface area (Å²) in [4.78, 5) is 5.35. The predicted octanol–water partition coefficient (Wildman–Crippen LogP) is 11.3. The fourth-order valence-corrected chi connectivity index (χ4v) is 7.20. The molecular formula is C41H47NS. The van der Waals surface area contributed by atoms with E-state index >= 15 is 0 Å². The average Bonchev–Trinajstić information content (AvgIpc) is 3.73. The fraction of sp³-hybridized carbons (Fsp3) is 0.244. The Labute approximate surface area is 263 Å². The highest BCUT2D eigenvalue weighted by atomic mass is 32.2. The standard InChI is InChI=1S/C30H29NS.C7H8.C4H10/c1-3-25(18-9-5-8-15-23-13-6-4-7-14-23)31(2)28-22-30-27(29-19-12-20-32(29)30)21-26(28)24-16-10-11-17-24;1-7-5-3-2-4-6-7;1-3-4-2/h3-7,9-10,12-14,16-19,21-22H,1,8,11,15,20H2,2H3;2-6H,1H3;3-4H2,1-2H3/b9-5?,25-18+;;. The molecular weight excluding hydrogens is 539 g/mol. The Morgan fingerprint density at radius 2 is 1.63 bits per heavy atom. The minimum atomic E-state index is 0.292. The fourth-order valence-electron chi connectivity index (χ4n) is 5.09. The third kappa shape index (κ3) is 8.58. The van der Waals surface area contributed by atoms with E-state index in [-0.39, 0.29) is 0 Å². The highest BCUT2D eigenvalue weighted by Gasteiger charge is 2.28. The Hall–Kier alpha value is -3.88. The van der Waals surface area contributed by atoms with Crippen molar-refractivity contribution < 1.29 is 0 Å². The van der Waals surface area contributed by atoms with E-state index in [0.29, 0.717) is 10.5 Å². The summed E-state index contributed by atoms with van der Waals surface area (Å²) in [6, 6.07) is 25.8. The number of aryl methyl sites for hydroxylation is 2. The maximum Gasteiger partial charge on any atom is 0.0499 e. The zero-order valence-electron chi connectivity index (χ0n) is 26.4. The molecule has 0 spiro atoms. The van der Waals surface area contributed by atoms with Crippen molar-refractivity contribution in [2.24, 2.45) is 0 Å². The molecule has 0 amide bonds. The van der Waals surface area contributed by atoms with Crippen molar-refractivity contribution in [2.45, 2.75) is 57.8 Å². The van der Waals surface area contributed by atoms with Crippen molar-refractivity contribution in [3.63, 3.8) is 0 Å². The maximum atomic E-state index is 4.10. The first kappa shape index (κ1) is 32.0. The van der Waals surface area contributed by atoms with Gasteiger partial charge in [0.25, 0.3) is 0 Å². The van der Waals surface area contributed by atoms with Crippen molar-refractivity contribution in [3.8, 4) is 0 Å². The largest absolute Gasteiger partial charge is 0.344 e. The molecule has 1 aliphatic carbocycles. The molecule has 2 aliphatic heterocycles. The van der Waals surface area contributed by atoms with Gasteiger partial charge >= 0.3 is 0 Å². The van der Waals surface area contributed by atoms with Gasteiger partial charge in [-0.15, -0.1) is 10.5 Å². The molecule has 0 saturated carbocycles. The number of allylic oxidation sites excluding steroid dienone is 9. The predicted molar refractivity (Wildman–Crippen MR) is 194 cm³/mol. The minimum absolute atomic E-state index is 0.292. The smallest absolute Gasteiger partial charge is 0.0499 e. The highest BCUT2D eigenvalue weighted by molar-refractivity contribution is 8.18. The summed E-state index contributed by atoms with van der Waals surface area (Å²) in [5.74, 6) is 1.17. The Balaban J connectivity index is 0.000000326. The van der Waals surface area contributed by atoms with Crippen molar-refractivity contribution in [1.29, 1.82) is 0 Å². The number of benzene rings is 3. The summed E-state index contributed by atoms with van der Waals surface area (Å²) in [6.45, 7) is 10.5. The van der Waals surface area contributed by atoms with Gasteiger partial charge in [-0.25, -0.2) is 0 Å². The summed E-state index contributed by atoms with van der Waals surface area (Å²) in [5, 5.41) is 0. The van der Waals surface area contributed by atoms with Crippen molar-refractivity contribution in [2.75, 3.05) is 17.7 Å². The number of hydrogen-bond donors (Lipinski definition) is 0. The second-order valence-corrected chi connectivity index (χ2v) is 12.9. The van der Waals surface area contributed by atoms with E-state index < -0.39 is 0 Å². The van der Waals surface area contributed by atoms with Gasteiger partial charge in [0.15, 0.2) is 0 Å². The zero-order valence-corrected chi connectivity index (χ0v) is 27.2. The van der Waals surface area contributed by atoms with Gasteiger partial charge in [-0.2, -0.15) is 0 Å². The molecule has 3 aromatic carbocycles. The topological polar surface area (TPSA) is 3.24 Å². The van der Waals surface area contributed by atoms with E-state index in [9.17, 15) is 0 Å². The van der Waals surface area contributed by atoms with Crippen LogP contribution in [0.2, 0.25) is 0 Å². The molecule has 0 N–H and O–H groups in total. The van der Waals surface area contributed by atoms with E-state index in [1.165, 1.54) is 57.0 Å². The summed E-state index contributed by atoms with van der Waals surface area (Å²) < 4.78 is 0. The molecule has 0 saturated heterocycles. The van der Waals surface area contributed by atoms with Crippen LogP contribution in [0.25, 0.3) is 5.57 Å². The van der Waals surface area contributed by atoms with Gasteiger partial charge in [0, 0.05) is 45.1 Å². The molecule has 3 aliphatic rings. The van der Waals surface area contributed by atoms with Crippen LogP contribution in [0.5, 0.6) is 0 Å². The first-order chi connectivity index (χ1) is 21.1. The molecule has 0 radical (unpaired) electrons. The molecule has 222 valence electrons. The van der Waals surface area contributed by atoms with Crippen LogP contribution < -0.4 is 4.90 Å². The van der Waals surface area contributed by atoms with Crippen LogP contribution >= 0.6 is 10.5 Å². The lowest BCUT2D eigenvalue weighted by Crippen LogP contribution is -2.19. The van der Waals surface area contributed by atoms with Crippen LogP contribution in [0.1, 0.15) is 61.8 Å². The second-order valence-electron chi connectivity index (χ2n) is 10.9. The molecule has 6 rings (SSSR count). The van der Waals surface area contributed by atoms with Gasteiger partial charge in [0.2, 0.25) is 0 Å². The van der Waals surface area contributed by atoms with Crippen molar-refractivity contribution in [1.82, 2.24) is 0 Å². The number of nitrogens with zero attached hydrogens (tertiary/aromatic N) is 1. The molecule has 0 fully saturated rings. The minimum Gasteiger partial charge on any atom is -0.344 e. The Morgan fingerprint density at radius 3 is 2.23 bits per heavy atom. The second kappa shape index (κ2) is 16.7. The number of likely N-dealkylation sites (N-methyl/N-ethyl adjacent to an activating group) is 1. The first-order valence-corrected chi connectivity index (χ1v) is 17.0. The lowest BCUT2D eigenvalue weighted by Gasteiger charge is -2.30. The Kier molecular flexibility index (Phi) is 12.4. The SMILES string of the molecule is C=C/C(=C\C=CCCc1ccccc1)N(C)c1cc2c(cc1C1=CCC=C1)C1=S2CC=C1.CCCC.Cc1ccccc1. The van der Waals surface area contributed by atoms with Gasteiger partial charge in [0.1, 0.15) is 0 Å². The van der Waals surface area contributed by atoms with Gasteiger partial charge in [-0.3, -0.25) is 0 Å². The molecule has 0 aromatic heterocycles.